The number of carbonyl (C=O) groups is 1. The number of benzene rings is 2. The van der Waals surface area contributed by atoms with Crippen LogP contribution in [0.15, 0.2) is 36.4 Å². The molecule has 1 atom stereocenters. The van der Waals surface area contributed by atoms with Crippen LogP contribution in [0.2, 0.25) is 0 Å². The molecule has 1 heterocycles. The van der Waals surface area contributed by atoms with Gasteiger partial charge in [0.05, 0.1) is 26.0 Å². The maximum absolute atomic E-state index is 11.8. The lowest BCUT2D eigenvalue weighted by Crippen LogP contribution is -2.40. The number of nitrogens with one attached hydrogen (secondary N) is 3. The van der Waals surface area contributed by atoms with Crippen LogP contribution in [0, 0.1) is 5.41 Å². The molecular weight excluding hydrogens is 432 g/mol. The summed E-state index contributed by atoms with van der Waals surface area (Å²) in [5.74, 6) is 1.16. The maximum Gasteiger partial charge on any atom is 0.314 e. The molecule has 1 aliphatic heterocycles. The molecule has 0 aromatic heterocycles. The summed E-state index contributed by atoms with van der Waals surface area (Å²) in [6.45, 7) is 3.86. The van der Waals surface area contributed by atoms with Crippen LogP contribution in [0.4, 0.5) is 10.5 Å². The second-order valence-corrected chi connectivity index (χ2v) is 8.54. The van der Waals surface area contributed by atoms with Crippen LogP contribution in [-0.4, -0.2) is 65.4 Å². The second kappa shape index (κ2) is 11.7. The zero-order valence-electron chi connectivity index (χ0n) is 20.7. The van der Waals surface area contributed by atoms with Gasteiger partial charge in [-0.05, 0) is 56.0 Å². The fraction of sp³-hybridized carbons (Fsp3) is 0.462. The van der Waals surface area contributed by atoms with E-state index in [9.17, 15) is 4.79 Å². The van der Waals surface area contributed by atoms with Crippen molar-refractivity contribution in [1.82, 2.24) is 10.6 Å². The minimum atomic E-state index is -0.241. The van der Waals surface area contributed by atoms with E-state index in [0.717, 1.165) is 48.3 Å². The number of nitrogens with zero attached hydrogens (tertiary/aromatic N) is 1. The first-order valence-electron chi connectivity index (χ1n) is 11.6. The first-order chi connectivity index (χ1) is 16.4. The van der Waals surface area contributed by atoms with Crippen molar-refractivity contribution in [3.63, 3.8) is 0 Å². The fourth-order valence-corrected chi connectivity index (χ4v) is 4.34. The highest BCUT2D eigenvalue weighted by molar-refractivity contribution is 6.12. The van der Waals surface area contributed by atoms with Gasteiger partial charge in [0.1, 0.15) is 0 Å². The highest BCUT2D eigenvalue weighted by Gasteiger charge is 2.21. The molecule has 2 amide bonds. The van der Waals surface area contributed by atoms with Crippen molar-refractivity contribution in [2.75, 3.05) is 46.4 Å². The van der Waals surface area contributed by atoms with Gasteiger partial charge in [0.25, 0.3) is 0 Å². The van der Waals surface area contributed by atoms with E-state index in [-0.39, 0.29) is 12.1 Å². The van der Waals surface area contributed by atoms with Crippen molar-refractivity contribution >= 4 is 17.4 Å². The molecule has 34 heavy (non-hydrogen) atoms. The topological polar surface area (TPSA) is 95.9 Å². The number of carbonyl (C=O) groups excluding carboxylic acids is 1. The zero-order valence-corrected chi connectivity index (χ0v) is 20.7. The molecule has 3 rings (SSSR count). The fourth-order valence-electron chi connectivity index (χ4n) is 4.34. The summed E-state index contributed by atoms with van der Waals surface area (Å²) in [6, 6.07) is 11.5. The lowest BCUT2D eigenvalue weighted by Gasteiger charge is -2.33. The second-order valence-electron chi connectivity index (χ2n) is 8.54. The van der Waals surface area contributed by atoms with Gasteiger partial charge >= 0.3 is 6.03 Å². The molecule has 0 saturated carbocycles. The summed E-state index contributed by atoms with van der Waals surface area (Å²) in [4.78, 5) is 14.1. The molecule has 8 heteroatoms. The number of anilines is 1. The monoisotopic (exact) mass is 468 g/mol. The van der Waals surface area contributed by atoms with Gasteiger partial charge in [-0.25, -0.2) is 4.79 Å². The number of hydrogen-bond acceptors (Lipinski definition) is 6. The van der Waals surface area contributed by atoms with Gasteiger partial charge in [-0.15, -0.1) is 0 Å². The van der Waals surface area contributed by atoms with E-state index in [1.807, 2.05) is 31.2 Å². The predicted molar refractivity (Wildman–Crippen MR) is 135 cm³/mol. The Hall–Kier alpha value is -3.26. The molecule has 0 aliphatic carbocycles. The molecule has 1 fully saturated rings. The average molecular weight is 469 g/mol. The van der Waals surface area contributed by atoms with Gasteiger partial charge in [0.15, 0.2) is 11.5 Å². The van der Waals surface area contributed by atoms with Crippen LogP contribution in [0.5, 0.6) is 11.5 Å². The molecule has 8 nitrogen and oxygen atoms in total. The third-order valence-electron chi connectivity index (χ3n) is 6.31. The minimum Gasteiger partial charge on any atom is -0.493 e. The van der Waals surface area contributed by atoms with Gasteiger partial charge in [-0.3, -0.25) is 5.41 Å². The van der Waals surface area contributed by atoms with E-state index in [4.69, 9.17) is 19.6 Å². The third-order valence-corrected chi connectivity index (χ3v) is 6.31. The Bertz CT molecular complexity index is 985. The first-order valence-corrected chi connectivity index (χ1v) is 11.6. The molecule has 0 radical (unpaired) electrons. The number of ether oxygens (including phenoxy) is 3. The Labute approximate surface area is 202 Å². The molecule has 0 unspecified atom stereocenters. The van der Waals surface area contributed by atoms with Gasteiger partial charge in [-0.2, -0.15) is 0 Å². The van der Waals surface area contributed by atoms with Crippen molar-refractivity contribution in [2.45, 2.75) is 38.3 Å². The Kier molecular flexibility index (Phi) is 8.76. The summed E-state index contributed by atoms with van der Waals surface area (Å²) in [6.07, 6.45) is 2.92. The predicted octanol–water partition coefficient (Wildman–Crippen LogP) is 3.60. The van der Waals surface area contributed by atoms with E-state index in [2.05, 4.69) is 27.7 Å². The van der Waals surface area contributed by atoms with E-state index in [1.54, 1.807) is 28.4 Å². The molecule has 2 aromatic rings. The smallest absolute Gasteiger partial charge is 0.314 e. The zero-order chi connectivity index (χ0) is 24.7. The molecule has 0 spiro atoms. The number of amides is 2. The van der Waals surface area contributed by atoms with Crippen LogP contribution < -0.4 is 25.0 Å². The van der Waals surface area contributed by atoms with Crippen molar-refractivity contribution in [2.24, 2.45) is 0 Å². The van der Waals surface area contributed by atoms with Gasteiger partial charge < -0.3 is 29.7 Å². The number of hydrogen-bond donors (Lipinski definition) is 3. The van der Waals surface area contributed by atoms with Crippen molar-refractivity contribution in [3.05, 3.63) is 53.1 Å². The van der Waals surface area contributed by atoms with Crippen molar-refractivity contribution in [1.29, 1.82) is 5.41 Å². The molecule has 1 aliphatic rings. The molecule has 184 valence electrons. The highest BCUT2D eigenvalue weighted by atomic mass is 16.5. The molecule has 3 N–H and O–H groups in total. The van der Waals surface area contributed by atoms with Crippen LogP contribution in [0.3, 0.4) is 0 Å². The van der Waals surface area contributed by atoms with Crippen LogP contribution in [-0.2, 0) is 11.2 Å². The van der Waals surface area contributed by atoms with Crippen LogP contribution >= 0.6 is 0 Å². The Balaban J connectivity index is 1.85. The number of rotatable bonds is 9. The third kappa shape index (κ3) is 5.99. The van der Waals surface area contributed by atoms with Crippen molar-refractivity contribution < 1.29 is 19.0 Å². The lowest BCUT2D eigenvalue weighted by atomic mass is 9.93. The number of methoxy groups -OCH3 is 3. The summed E-state index contributed by atoms with van der Waals surface area (Å²) in [7, 11) is 6.54. The number of piperidine rings is 1. The van der Waals surface area contributed by atoms with E-state index in [1.165, 1.54) is 0 Å². The summed E-state index contributed by atoms with van der Waals surface area (Å²) < 4.78 is 16.5. The Morgan fingerprint density at radius 1 is 1.09 bits per heavy atom. The first kappa shape index (κ1) is 25.4. The summed E-state index contributed by atoms with van der Waals surface area (Å²) in [5.41, 5.74) is 4.01. The van der Waals surface area contributed by atoms with E-state index in [0.29, 0.717) is 29.7 Å². The quantitative estimate of drug-likeness (QED) is 0.489. The summed E-state index contributed by atoms with van der Waals surface area (Å²) in [5, 5.41) is 14.4. The van der Waals surface area contributed by atoms with Crippen LogP contribution in [0.25, 0.3) is 0 Å². The van der Waals surface area contributed by atoms with Crippen molar-refractivity contribution in [3.8, 4) is 11.5 Å². The standard InChI is InChI=1S/C26H36N4O4/c1-17(29-26(31)28-2)14-19-15-23(33-4)24(34-5)16-22(19)25(27)18-6-8-20(9-7-18)30-12-10-21(32-3)11-13-30/h6-9,15-17,21,27H,10-14H2,1-5H3,(H2,28,29,31)/t17-/m1/s1. The molecule has 1 saturated heterocycles. The molecule has 0 bridgehead atoms. The lowest BCUT2D eigenvalue weighted by molar-refractivity contribution is 0.0819. The SMILES string of the molecule is CNC(=O)N[C@H](C)Cc1cc(OC)c(OC)cc1C(=N)c1ccc(N2CCC(OC)CC2)cc1. The van der Waals surface area contributed by atoms with Gasteiger partial charge in [0.2, 0.25) is 0 Å². The maximum atomic E-state index is 11.8. The number of urea groups is 1. The van der Waals surface area contributed by atoms with Gasteiger partial charge in [0, 0.05) is 50.1 Å². The van der Waals surface area contributed by atoms with Gasteiger partial charge in [-0.1, -0.05) is 12.1 Å². The van der Waals surface area contributed by atoms with E-state index >= 15 is 0 Å². The Morgan fingerprint density at radius 3 is 2.26 bits per heavy atom. The van der Waals surface area contributed by atoms with Crippen LogP contribution in [0.1, 0.15) is 36.5 Å². The minimum absolute atomic E-state index is 0.137. The summed E-state index contributed by atoms with van der Waals surface area (Å²) >= 11 is 0. The van der Waals surface area contributed by atoms with E-state index < -0.39 is 0 Å². The normalized spacial score (nSPS) is 14.9. The highest BCUT2D eigenvalue weighted by Crippen LogP contribution is 2.33. The molecule has 2 aromatic carbocycles. The largest absolute Gasteiger partial charge is 0.493 e. The average Bonchev–Trinajstić information content (AvgIpc) is 2.88. The molecular formula is C26H36N4O4. The Morgan fingerprint density at radius 2 is 1.71 bits per heavy atom.